The highest BCUT2D eigenvalue weighted by Gasteiger charge is 2.47. The highest BCUT2D eigenvalue weighted by atomic mass is 16.5. The number of carbonyl (C=O) groups is 2. The van der Waals surface area contributed by atoms with Crippen LogP contribution in [0.4, 0.5) is 17.5 Å². The number of morpholine rings is 1. The third-order valence-corrected chi connectivity index (χ3v) is 8.59. The highest BCUT2D eigenvalue weighted by molar-refractivity contribution is 6.42. The predicted molar refractivity (Wildman–Crippen MR) is 149 cm³/mol. The summed E-state index contributed by atoms with van der Waals surface area (Å²) in [7, 11) is 0. The molecule has 0 bridgehead atoms. The van der Waals surface area contributed by atoms with Gasteiger partial charge in [0.1, 0.15) is 5.82 Å². The zero-order chi connectivity index (χ0) is 27.1. The van der Waals surface area contributed by atoms with Gasteiger partial charge in [-0.05, 0) is 51.5 Å². The van der Waals surface area contributed by atoms with Gasteiger partial charge in [-0.1, -0.05) is 5.57 Å². The number of Topliss-reactive ketones (excluding diaryl/α,β-unsaturated/α-hetero) is 1. The normalized spacial score (nSPS) is 20.5. The lowest BCUT2D eigenvalue weighted by atomic mass is 9.71. The Kier molecular flexibility index (Phi) is 6.74. The van der Waals surface area contributed by atoms with E-state index in [1.54, 1.807) is 17.3 Å². The molecule has 0 unspecified atom stereocenters. The molecule has 3 aliphatic heterocycles. The van der Waals surface area contributed by atoms with Gasteiger partial charge in [-0.2, -0.15) is 0 Å². The Morgan fingerprint density at radius 2 is 1.64 bits per heavy atom. The van der Waals surface area contributed by atoms with Crippen LogP contribution in [0.5, 0.6) is 0 Å². The van der Waals surface area contributed by atoms with Crippen LogP contribution in [-0.4, -0.2) is 84.0 Å². The van der Waals surface area contributed by atoms with Crippen molar-refractivity contribution in [1.29, 1.82) is 0 Å². The van der Waals surface area contributed by atoms with Crippen molar-refractivity contribution >= 4 is 29.1 Å². The first kappa shape index (κ1) is 25.7. The molecule has 4 aliphatic rings. The van der Waals surface area contributed by atoms with E-state index in [1.165, 1.54) is 0 Å². The summed E-state index contributed by atoms with van der Waals surface area (Å²) in [6.07, 6.45) is 7.30. The number of amides is 1. The fourth-order valence-corrected chi connectivity index (χ4v) is 6.16. The summed E-state index contributed by atoms with van der Waals surface area (Å²) in [6.45, 7) is 10.0. The Morgan fingerprint density at radius 3 is 2.26 bits per heavy atom. The second-order valence-corrected chi connectivity index (χ2v) is 11.7. The van der Waals surface area contributed by atoms with Gasteiger partial charge in [-0.3, -0.25) is 9.59 Å². The number of carbonyl (C=O) groups excluding carboxylic acids is 2. The van der Waals surface area contributed by atoms with Crippen LogP contribution in [0, 0.1) is 11.3 Å². The molecule has 0 radical (unpaired) electrons. The molecule has 206 valence electrons. The summed E-state index contributed by atoms with van der Waals surface area (Å²) in [4.78, 5) is 45.7. The lowest BCUT2D eigenvalue weighted by Crippen LogP contribution is -2.61. The number of nitrogen functional groups attached to an aromatic ring is 1. The van der Waals surface area contributed by atoms with Gasteiger partial charge in [0.25, 0.3) is 5.91 Å². The molecule has 1 amide bonds. The zero-order valence-electron chi connectivity index (χ0n) is 22.9. The van der Waals surface area contributed by atoms with Crippen LogP contribution in [0.2, 0.25) is 0 Å². The third kappa shape index (κ3) is 5.22. The van der Waals surface area contributed by atoms with E-state index in [0.717, 1.165) is 85.8 Å². The van der Waals surface area contributed by atoms with E-state index in [-0.39, 0.29) is 29.0 Å². The maximum atomic E-state index is 13.1. The number of likely N-dealkylation sites (tertiary alicyclic amines) is 1. The van der Waals surface area contributed by atoms with Crippen molar-refractivity contribution in [2.24, 2.45) is 11.3 Å². The molecule has 39 heavy (non-hydrogen) atoms. The van der Waals surface area contributed by atoms with Gasteiger partial charge < -0.3 is 25.2 Å². The minimum absolute atomic E-state index is 0.169. The minimum atomic E-state index is -0.316. The minimum Gasteiger partial charge on any atom is -0.378 e. The smallest absolute Gasteiger partial charge is 0.294 e. The van der Waals surface area contributed by atoms with Crippen LogP contribution >= 0.6 is 0 Å². The van der Waals surface area contributed by atoms with Crippen molar-refractivity contribution in [2.75, 3.05) is 68.0 Å². The largest absolute Gasteiger partial charge is 0.378 e. The summed E-state index contributed by atoms with van der Waals surface area (Å²) in [5, 5.41) is 0. The SMILES string of the molecule is CC(C)=C(C(=O)C(=O)N1CCC2(CC1)CN(c1cc(-c3cnc(N)nc3)nc(N3CCOCC3)c1)C2)C1CC1. The number of aromatic nitrogens is 3. The van der Waals surface area contributed by atoms with E-state index >= 15 is 0 Å². The van der Waals surface area contributed by atoms with Crippen molar-refractivity contribution in [1.82, 2.24) is 19.9 Å². The number of ketones is 1. The van der Waals surface area contributed by atoms with Gasteiger partial charge >= 0.3 is 0 Å². The number of rotatable bonds is 6. The molecule has 1 spiro atoms. The monoisotopic (exact) mass is 531 g/mol. The number of allylic oxidation sites excluding steroid dienone is 1. The number of piperidine rings is 1. The molecule has 10 heteroatoms. The molecule has 5 heterocycles. The average Bonchev–Trinajstić information content (AvgIpc) is 3.77. The number of hydrogen-bond donors (Lipinski definition) is 1. The molecule has 1 aliphatic carbocycles. The maximum absolute atomic E-state index is 13.1. The van der Waals surface area contributed by atoms with Crippen LogP contribution in [-0.2, 0) is 14.3 Å². The number of pyridine rings is 1. The Balaban J connectivity index is 1.14. The van der Waals surface area contributed by atoms with E-state index in [9.17, 15) is 9.59 Å². The zero-order valence-corrected chi connectivity index (χ0v) is 22.9. The maximum Gasteiger partial charge on any atom is 0.294 e. The van der Waals surface area contributed by atoms with E-state index in [4.69, 9.17) is 15.5 Å². The summed E-state index contributed by atoms with van der Waals surface area (Å²) >= 11 is 0. The van der Waals surface area contributed by atoms with Crippen molar-refractivity contribution in [3.63, 3.8) is 0 Å². The lowest BCUT2D eigenvalue weighted by molar-refractivity contribution is -0.144. The molecule has 2 N–H and O–H groups in total. The first-order valence-electron chi connectivity index (χ1n) is 14.0. The first-order valence-corrected chi connectivity index (χ1v) is 14.0. The fraction of sp³-hybridized carbons (Fsp3) is 0.552. The standard InChI is InChI=1S/C29H37N7O3/c1-19(2)25(20-3-4-20)26(37)27(38)35-7-5-29(6-8-35)17-36(18-29)22-13-23(21-15-31-28(30)32-16-21)33-24(14-22)34-9-11-39-12-10-34/h13-16,20H,3-12,17-18H2,1-2H3,(H2,30,31,32). The second kappa shape index (κ2) is 10.2. The molecule has 2 aromatic rings. The summed E-state index contributed by atoms with van der Waals surface area (Å²) in [5.74, 6) is 0.853. The van der Waals surface area contributed by atoms with Gasteiger partial charge in [-0.25, -0.2) is 15.0 Å². The van der Waals surface area contributed by atoms with Crippen molar-refractivity contribution in [3.8, 4) is 11.3 Å². The van der Waals surface area contributed by atoms with Crippen LogP contribution < -0.4 is 15.5 Å². The Morgan fingerprint density at radius 1 is 0.974 bits per heavy atom. The Labute approximate surface area is 229 Å². The van der Waals surface area contributed by atoms with Crippen molar-refractivity contribution in [3.05, 3.63) is 35.7 Å². The lowest BCUT2D eigenvalue weighted by Gasteiger charge is -2.55. The van der Waals surface area contributed by atoms with Crippen molar-refractivity contribution < 1.29 is 14.3 Å². The van der Waals surface area contributed by atoms with Gasteiger partial charge in [0, 0.05) is 80.0 Å². The van der Waals surface area contributed by atoms with Crippen LogP contribution in [0.25, 0.3) is 11.3 Å². The van der Waals surface area contributed by atoms with Crippen molar-refractivity contribution in [2.45, 2.75) is 39.5 Å². The molecule has 0 aromatic carbocycles. The highest BCUT2D eigenvalue weighted by Crippen LogP contribution is 2.44. The number of hydrogen-bond acceptors (Lipinski definition) is 9. The van der Waals surface area contributed by atoms with E-state index in [0.29, 0.717) is 26.3 Å². The molecule has 2 aromatic heterocycles. The summed E-state index contributed by atoms with van der Waals surface area (Å²) < 4.78 is 5.55. The molecule has 6 rings (SSSR count). The number of nitrogens with two attached hydrogens (primary N) is 1. The first-order chi connectivity index (χ1) is 18.8. The summed E-state index contributed by atoms with van der Waals surface area (Å²) in [6, 6.07) is 4.26. The fourth-order valence-electron chi connectivity index (χ4n) is 6.16. The molecule has 0 atom stereocenters. The van der Waals surface area contributed by atoms with Crippen LogP contribution in [0.15, 0.2) is 35.7 Å². The van der Waals surface area contributed by atoms with E-state index < -0.39 is 0 Å². The van der Waals surface area contributed by atoms with E-state index in [1.807, 2.05) is 13.8 Å². The van der Waals surface area contributed by atoms with Gasteiger partial charge in [0.15, 0.2) is 0 Å². The number of anilines is 3. The van der Waals surface area contributed by atoms with E-state index in [2.05, 4.69) is 31.9 Å². The topological polar surface area (TPSA) is 118 Å². The number of nitrogens with zero attached hydrogens (tertiary/aromatic N) is 6. The average molecular weight is 532 g/mol. The summed E-state index contributed by atoms with van der Waals surface area (Å²) in [5.41, 5.74) is 10.4. The Hall–Kier alpha value is -3.53. The quantitative estimate of drug-likeness (QED) is 0.443. The molecule has 1 saturated carbocycles. The van der Waals surface area contributed by atoms with Crippen LogP contribution in [0.1, 0.15) is 39.5 Å². The predicted octanol–water partition coefficient (Wildman–Crippen LogP) is 2.70. The number of ether oxygens (including phenoxy) is 1. The second-order valence-electron chi connectivity index (χ2n) is 11.7. The van der Waals surface area contributed by atoms with Gasteiger partial charge in [-0.15, -0.1) is 0 Å². The molecule has 4 fully saturated rings. The molecular weight excluding hydrogens is 494 g/mol. The molecule has 3 saturated heterocycles. The molecular formula is C29H37N7O3. The third-order valence-electron chi connectivity index (χ3n) is 8.59. The molecule has 10 nitrogen and oxygen atoms in total. The van der Waals surface area contributed by atoms with Gasteiger partial charge in [0.05, 0.1) is 18.9 Å². The van der Waals surface area contributed by atoms with Gasteiger partial charge in [0.2, 0.25) is 11.7 Å². The van der Waals surface area contributed by atoms with Crippen LogP contribution in [0.3, 0.4) is 0 Å². The Bertz CT molecular complexity index is 1280.